The first-order valence-corrected chi connectivity index (χ1v) is 16.7. The van der Waals surface area contributed by atoms with Gasteiger partial charge in [-0.05, 0) is 72.3 Å². The van der Waals surface area contributed by atoms with E-state index in [1.165, 1.54) is 37.9 Å². The van der Waals surface area contributed by atoms with Crippen LogP contribution in [0.1, 0.15) is 120 Å². The van der Waals surface area contributed by atoms with Crippen molar-refractivity contribution in [3.8, 4) is 11.5 Å². The topological polar surface area (TPSA) is 71.4 Å². The summed E-state index contributed by atoms with van der Waals surface area (Å²) in [6.07, 6.45) is 13.6. The lowest BCUT2D eigenvalue weighted by Gasteiger charge is -2.26. The summed E-state index contributed by atoms with van der Waals surface area (Å²) in [6.45, 7) is 15.5. The highest BCUT2D eigenvalue weighted by Gasteiger charge is 2.31. The normalized spacial score (nSPS) is 21.5. The van der Waals surface area contributed by atoms with E-state index in [1.54, 1.807) is 5.84 Å². The zero-order valence-corrected chi connectivity index (χ0v) is 27.1. The molecule has 2 atom stereocenters. The number of para-hydroxylation sites is 1. The van der Waals surface area contributed by atoms with Crippen molar-refractivity contribution in [1.29, 1.82) is 0 Å². The van der Waals surface area contributed by atoms with Gasteiger partial charge >= 0.3 is 0 Å². The molecule has 1 saturated carbocycles. The number of phenolic OH excluding ortho intramolecular Hbond substituents is 2. The second-order valence-corrected chi connectivity index (χ2v) is 14.2. The number of rotatable bonds is 9. The standard InChI is InChI=1S/C37H52N4O2/c1-26(2)31-14-8-12-28(36(31)43)24-38-32-15-6-7-16-33(32)39-25-29-23-30(37(3,4)5)22-27(35(29)42)13-9-18-40-20-11-21-41-19-10-17-34(40)41/h8,12,14,22-26,32-33H,6-7,9-11,13,15-21H2,1-5H3,(H-,38,39,42,43)/p+1. The van der Waals surface area contributed by atoms with E-state index in [1.807, 2.05) is 30.6 Å². The van der Waals surface area contributed by atoms with Gasteiger partial charge in [-0.15, -0.1) is 0 Å². The number of aliphatic imine (C=N–C) groups is 2. The molecule has 0 amide bonds. The smallest absolute Gasteiger partial charge is 0.246 e. The maximum atomic E-state index is 11.4. The quantitative estimate of drug-likeness (QED) is 0.241. The van der Waals surface area contributed by atoms with Crippen molar-refractivity contribution in [2.45, 2.75) is 116 Å². The highest BCUT2D eigenvalue weighted by Crippen LogP contribution is 2.33. The van der Waals surface area contributed by atoms with Gasteiger partial charge in [-0.1, -0.05) is 65.7 Å². The van der Waals surface area contributed by atoms with E-state index in [0.717, 1.165) is 73.9 Å². The van der Waals surface area contributed by atoms with Crippen molar-refractivity contribution >= 4 is 18.3 Å². The van der Waals surface area contributed by atoms with Crippen LogP contribution in [0.25, 0.3) is 0 Å². The molecule has 1 fully saturated rings. The van der Waals surface area contributed by atoms with Gasteiger partial charge in [0.25, 0.3) is 0 Å². The van der Waals surface area contributed by atoms with Gasteiger partial charge < -0.3 is 10.2 Å². The molecule has 0 radical (unpaired) electrons. The molecule has 3 aliphatic rings. The molecule has 1 aliphatic carbocycles. The molecule has 43 heavy (non-hydrogen) atoms. The first kappa shape index (κ1) is 31.3. The number of aromatic hydroxyl groups is 2. The summed E-state index contributed by atoms with van der Waals surface area (Å²) >= 11 is 0. The lowest BCUT2D eigenvalue weighted by molar-refractivity contribution is -0.530. The number of hydrogen-bond donors (Lipinski definition) is 2. The van der Waals surface area contributed by atoms with Gasteiger partial charge in [0, 0.05) is 30.0 Å². The molecule has 2 heterocycles. The van der Waals surface area contributed by atoms with Gasteiger partial charge in [0.2, 0.25) is 5.84 Å². The molecule has 0 aromatic heterocycles. The van der Waals surface area contributed by atoms with Gasteiger partial charge in [0.15, 0.2) is 0 Å². The summed E-state index contributed by atoms with van der Waals surface area (Å²) in [6, 6.07) is 10.4. The largest absolute Gasteiger partial charge is 0.507 e. The molecule has 6 heteroatoms. The van der Waals surface area contributed by atoms with E-state index in [4.69, 9.17) is 9.98 Å². The van der Waals surface area contributed by atoms with E-state index < -0.39 is 0 Å². The van der Waals surface area contributed by atoms with Gasteiger partial charge in [0.1, 0.15) is 11.5 Å². The van der Waals surface area contributed by atoms with Crippen LogP contribution in [0, 0.1) is 0 Å². The fraction of sp³-hybridized carbons (Fsp3) is 0.595. The third-order valence-electron chi connectivity index (χ3n) is 9.60. The first-order valence-electron chi connectivity index (χ1n) is 16.7. The third kappa shape index (κ3) is 7.50. The van der Waals surface area contributed by atoms with E-state index in [0.29, 0.717) is 11.5 Å². The maximum absolute atomic E-state index is 11.4. The van der Waals surface area contributed by atoms with Crippen LogP contribution in [0.4, 0.5) is 0 Å². The molecule has 0 saturated heterocycles. The van der Waals surface area contributed by atoms with Gasteiger partial charge in [-0.3, -0.25) is 19.5 Å². The van der Waals surface area contributed by atoms with Crippen LogP contribution >= 0.6 is 0 Å². The van der Waals surface area contributed by atoms with E-state index >= 15 is 0 Å². The fourth-order valence-electron chi connectivity index (χ4n) is 6.98. The molecule has 5 rings (SSSR count). The van der Waals surface area contributed by atoms with Crippen LogP contribution in [-0.2, 0) is 11.8 Å². The predicted molar refractivity (Wildman–Crippen MR) is 179 cm³/mol. The lowest BCUT2D eigenvalue weighted by Crippen LogP contribution is -2.41. The Kier molecular flexibility index (Phi) is 9.93. The number of phenols is 2. The van der Waals surface area contributed by atoms with Crippen molar-refractivity contribution in [2.75, 3.05) is 26.2 Å². The minimum Gasteiger partial charge on any atom is -0.507 e. The molecule has 232 valence electrons. The molecule has 0 bridgehead atoms. The molecule has 0 spiro atoms. The van der Waals surface area contributed by atoms with E-state index in [-0.39, 0.29) is 23.4 Å². The van der Waals surface area contributed by atoms with Crippen LogP contribution in [0.5, 0.6) is 11.5 Å². The van der Waals surface area contributed by atoms with Crippen molar-refractivity contribution in [1.82, 2.24) is 4.90 Å². The van der Waals surface area contributed by atoms with Crippen molar-refractivity contribution < 1.29 is 14.8 Å². The Hall–Kier alpha value is -3.15. The van der Waals surface area contributed by atoms with E-state index in [2.05, 4.69) is 56.2 Å². The zero-order valence-electron chi connectivity index (χ0n) is 27.1. The van der Waals surface area contributed by atoms with Crippen LogP contribution in [0.2, 0.25) is 0 Å². The van der Waals surface area contributed by atoms with Crippen LogP contribution < -0.4 is 0 Å². The monoisotopic (exact) mass is 585 g/mol. The minimum atomic E-state index is -0.0255. The first-order chi connectivity index (χ1) is 20.6. The SMILES string of the molecule is CC(C)c1cccc(C=NC2CCCCC2N=Cc2cc(C(C)(C)C)cc(CCCN3CCC[N+]4=C3CCC4)c2O)c1O. The summed E-state index contributed by atoms with van der Waals surface area (Å²) in [5.74, 6) is 2.49. The fourth-order valence-corrected chi connectivity index (χ4v) is 6.98. The average Bonchev–Trinajstić information content (AvgIpc) is 3.46. The number of nitrogens with zero attached hydrogens (tertiary/aromatic N) is 4. The van der Waals surface area contributed by atoms with Gasteiger partial charge in [-0.2, -0.15) is 0 Å². The Morgan fingerprint density at radius 1 is 0.930 bits per heavy atom. The molecule has 2 aliphatic heterocycles. The predicted octanol–water partition coefficient (Wildman–Crippen LogP) is 7.21. The number of hydrogen-bond acceptors (Lipinski definition) is 5. The molecule has 2 aromatic carbocycles. The zero-order chi connectivity index (χ0) is 30.6. The van der Waals surface area contributed by atoms with Crippen molar-refractivity contribution in [2.24, 2.45) is 9.98 Å². The molecule has 6 nitrogen and oxygen atoms in total. The summed E-state index contributed by atoms with van der Waals surface area (Å²) in [4.78, 5) is 12.6. The molecular weight excluding hydrogens is 532 g/mol. The van der Waals surface area contributed by atoms with Crippen LogP contribution in [0.15, 0.2) is 40.3 Å². The summed E-state index contributed by atoms with van der Waals surface area (Å²) < 4.78 is 2.57. The molecule has 2 unspecified atom stereocenters. The van der Waals surface area contributed by atoms with Crippen molar-refractivity contribution in [3.05, 3.63) is 58.1 Å². The third-order valence-corrected chi connectivity index (χ3v) is 9.60. The second kappa shape index (κ2) is 13.7. The highest BCUT2D eigenvalue weighted by atomic mass is 16.3. The minimum absolute atomic E-state index is 0.0255. The summed E-state index contributed by atoms with van der Waals surface area (Å²) in [5.41, 5.74) is 4.76. The number of aryl methyl sites for hydroxylation is 1. The Labute approximate surface area is 259 Å². The average molecular weight is 586 g/mol. The number of amidine groups is 1. The summed E-state index contributed by atoms with van der Waals surface area (Å²) in [7, 11) is 0. The van der Waals surface area contributed by atoms with Crippen molar-refractivity contribution in [3.63, 3.8) is 0 Å². The maximum Gasteiger partial charge on any atom is 0.246 e. The summed E-state index contributed by atoms with van der Waals surface area (Å²) in [5, 5.41) is 22.2. The van der Waals surface area contributed by atoms with Crippen LogP contribution in [0.3, 0.4) is 0 Å². The second-order valence-electron chi connectivity index (χ2n) is 14.2. The Bertz CT molecular complexity index is 1370. The van der Waals surface area contributed by atoms with Gasteiger partial charge in [-0.25, -0.2) is 0 Å². The van der Waals surface area contributed by atoms with Crippen LogP contribution in [-0.4, -0.2) is 76.2 Å². The Morgan fingerprint density at radius 3 is 2.33 bits per heavy atom. The molecular formula is C37H53N4O2+. The Morgan fingerprint density at radius 2 is 1.63 bits per heavy atom. The molecule has 2 aromatic rings. The lowest BCUT2D eigenvalue weighted by atomic mass is 9.84. The molecule has 2 N–H and O–H groups in total. The van der Waals surface area contributed by atoms with E-state index in [9.17, 15) is 10.2 Å². The number of benzene rings is 2. The Balaban J connectivity index is 1.32. The highest BCUT2D eigenvalue weighted by molar-refractivity contribution is 5.85. The van der Waals surface area contributed by atoms with Gasteiger partial charge in [0.05, 0.1) is 44.7 Å².